The third kappa shape index (κ3) is 5.60. The van der Waals surface area contributed by atoms with Crippen molar-refractivity contribution in [1.82, 2.24) is 5.32 Å². The Balaban J connectivity index is 3.87. The van der Waals surface area contributed by atoms with Crippen LogP contribution >= 0.6 is 0 Å². The van der Waals surface area contributed by atoms with Gasteiger partial charge in [-0.2, -0.15) is 0 Å². The number of amides is 1. The van der Waals surface area contributed by atoms with Crippen LogP contribution in [0.1, 0.15) is 27.2 Å². The van der Waals surface area contributed by atoms with Crippen LogP contribution in [-0.2, 0) is 4.79 Å². The van der Waals surface area contributed by atoms with E-state index in [0.29, 0.717) is 6.42 Å². The number of nitrogens with one attached hydrogen (secondary N) is 1. The van der Waals surface area contributed by atoms with E-state index in [1.807, 2.05) is 13.8 Å². The Kier molecular flexibility index (Phi) is 5.66. The second-order valence-corrected chi connectivity index (χ2v) is 3.78. The van der Waals surface area contributed by atoms with Gasteiger partial charge in [-0.1, -0.05) is 13.8 Å². The lowest BCUT2D eigenvalue weighted by molar-refractivity contribution is -0.122. The zero-order valence-corrected chi connectivity index (χ0v) is 8.58. The molecule has 0 saturated heterocycles. The van der Waals surface area contributed by atoms with Gasteiger partial charge in [-0.15, -0.1) is 0 Å². The van der Waals surface area contributed by atoms with Crippen molar-refractivity contribution in [3.63, 3.8) is 0 Å². The molecule has 4 nitrogen and oxygen atoms in total. The molecular formula is C9H20N2O2. The third-order valence-electron chi connectivity index (χ3n) is 1.86. The maximum absolute atomic E-state index is 11.2. The zero-order valence-electron chi connectivity index (χ0n) is 8.58. The smallest absolute Gasteiger partial charge is 0.221 e. The van der Waals surface area contributed by atoms with Crippen LogP contribution in [0.25, 0.3) is 0 Å². The first-order valence-electron chi connectivity index (χ1n) is 4.63. The van der Waals surface area contributed by atoms with Gasteiger partial charge in [-0.3, -0.25) is 4.79 Å². The van der Waals surface area contributed by atoms with Crippen molar-refractivity contribution in [3.8, 4) is 0 Å². The second-order valence-electron chi connectivity index (χ2n) is 3.78. The molecule has 0 aromatic heterocycles. The fraction of sp³-hybridized carbons (Fsp3) is 0.889. The van der Waals surface area contributed by atoms with Crippen molar-refractivity contribution in [3.05, 3.63) is 0 Å². The van der Waals surface area contributed by atoms with Crippen LogP contribution in [0.3, 0.4) is 0 Å². The van der Waals surface area contributed by atoms with E-state index in [0.717, 1.165) is 0 Å². The summed E-state index contributed by atoms with van der Waals surface area (Å²) in [7, 11) is 0. The van der Waals surface area contributed by atoms with Crippen LogP contribution < -0.4 is 11.1 Å². The van der Waals surface area contributed by atoms with Crippen LogP contribution in [0.5, 0.6) is 0 Å². The van der Waals surface area contributed by atoms with E-state index in [1.165, 1.54) is 0 Å². The fourth-order valence-corrected chi connectivity index (χ4v) is 0.981. The van der Waals surface area contributed by atoms with E-state index in [2.05, 4.69) is 5.32 Å². The lowest BCUT2D eigenvalue weighted by Crippen LogP contribution is -2.42. The maximum atomic E-state index is 11.2. The minimum atomic E-state index is -0.161. The molecule has 0 aromatic rings. The van der Waals surface area contributed by atoms with Gasteiger partial charge >= 0.3 is 0 Å². The van der Waals surface area contributed by atoms with E-state index in [-0.39, 0.29) is 30.5 Å². The van der Waals surface area contributed by atoms with Crippen LogP contribution in [0, 0.1) is 5.92 Å². The van der Waals surface area contributed by atoms with Gasteiger partial charge in [0.1, 0.15) is 0 Å². The van der Waals surface area contributed by atoms with Gasteiger partial charge in [0.25, 0.3) is 0 Å². The number of nitrogens with two attached hydrogens (primary N) is 1. The molecular weight excluding hydrogens is 168 g/mol. The zero-order chi connectivity index (χ0) is 10.4. The molecule has 0 rings (SSSR count). The van der Waals surface area contributed by atoms with E-state index in [4.69, 9.17) is 10.8 Å². The highest BCUT2D eigenvalue weighted by atomic mass is 16.3. The Hall–Kier alpha value is -0.610. The highest BCUT2D eigenvalue weighted by Crippen LogP contribution is 2.00. The van der Waals surface area contributed by atoms with Gasteiger partial charge in [0.2, 0.25) is 5.91 Å². The molecule has 4 N–H and O–H groups in total. The van der Waals surface area contributed by atoms with Crippen molar-refractivity contribution >= 4 is 5.91 Å². The van der Waals surface area contributed by atoms with Crippen LogP contribution in [0.4, 0.5) is 0 Å². The molecule has 2 unspecified atom stereocenters. The second kappa shape index (κ2) is 5.94. The first-order valence-corrected chi connectivity index (χ1v) is 4.63. The van der Waals surface area contributed by atoms with E-state index in [9.17, 15) is 4.79 Å². The summed E-state index contributed by atoms with van der Waals surface area (Å²) < 4.78 is 0. The van der Waals surface area contributed by atoms with Crippen LogP contribution in [0.2, 0.25) is 0 Å². The van der Waals surface area contributed by atoms with Crippen LogP contribution in [-0.4, -0.2) is 29.7 Å². The summed E-state index contributed by atoms with van der Waals surface area (Å²) in [5, 5.41) is 11.7. The monoisotopic (exact) mass is 188 g/mol. The molecule has 1 amide bonds. The van der Waals surface area contributed by atoms with Crippen molar-refractivity contribution in [2.75, 3.05) is 6.61 Å². The summed E-state index contributed by atoms with van der Waals surface area (Å²) in [6.07, 6.45) is 0.309. The molecule has 0 aliphatic rings. The molecule has 0 saturated carbocycles. The topological polar surface area (TPSA) is 75.4 Å². The lowest BCUT2D eigenvalue weighted by Gasteiger charge is -2.20. The third-order valence-corrected chi connectivity index (χ3v) is 1.86. The minimum Gasteiger partial charge on any atom is -0.394 e. The first kappa shape index (κ1) is 12.4. The largest absolute Gasteiger partial charge is 0.394 e. The Morgan fingerprint density at radius 3 is 2.31 bits per heavy atom. The Labute approximate surface area is 79.5 Å². The molecule has 78 valence electrons. The SMILES string of the molecule is CC(N)CC(=O)NC(CO)C(C)C. The molecule has 0 heterocycles. The molecule has 0 aliphatic heterocycles. The summed E-state index contributed by atoms with van der Waals surface area (Å²) in [6.45, 7) is 5.66. The molecule has 0 radical (unpaired) electrons. The minimum absolute atomic E-state index is 0.0254. The van der Waals surface area contributed by atoms with Gasteiger partial charge in [-0.25, -0.2) is 0 Å². The number of aliphatic hydroxyl groups is 1. The Morgan fingerprint density at radius 2 is 2.00 bits per heavy atom. The van der Waals surface area contributed by atoms with Gasteiger partial charge in [0, 0.05) is 12.5 Å². The van der Waals surface area contributed by atoms with Gasteiger partial charge < -0.3 is 16.2 Å². The molecule has 0 aliphatic carbocycles. The maximum Gasteiger partial charge on any atom is 0.221 e. The van der Waals surface area contributed by atoms with Crippen molar-refractivity contribution < 1.29 is 9.90 Å². The highest BCUT2D eigenvalue weighted by Gasteiger charge is 2.15. The number of carbonyl (C=O) groups is 1. The molecule has 13 heavy (non-hydrogen) atoms. The van der Waals surface area contributed by atoms with Crippen molar-refractivity contribution in [1.29, 1.82) is 0 Å². The number of carbonyl (C=O) groups excluding carboxylic acids is 1. The summed E-state index contributed by atoms with van der Waals surface area (Å²) in [6, 6.07) is -0.294. The molecule has 2 atom stereocenters. The predicted octanol–water partition coefficient (Wildman–Crippen LogP) is -0.143. The average molecular weight is 188 g/mol. The number of hydrogen-bond acceptors (Lipinski definition) is 3. The highest BCUT2D eigenvalue weighted by molar-refractivity contribution is 5.76. The summed E-state index contributed by atoms with van der Waals surface area (Å²) in [4.78, 5) is 11.2. The summed E-state index contributed by atoms with van der Waals surface area (Å²) in [5.74, 6) is 0.143. The molecule has 4 heteroatoms. The molecule has 0 spiro atoms. The quantitative estimate of drug-likeness (QED) is 0.562. The average Bonchev–Trinajstić information content (AvgIpc) is 1.98. The predicted molar refractivity (Wildman–Crippen MR) is 52.1 cm³/mol. The van der Waals surface area contributed by atoms with E-state index >= 15 is 0 Å². The summed E-state index contributed by atoms with van der Waals surface area (Å²) >= 11 is 0. The number of aliphatic hydroxyl groups excluding tert-OH is 1. The molecule has 0 fully saturated rings. The fourth-order valence-electron chi connectivity index (χ4n) is 0.981. The standard InChI is InChI=1S/C9H20N2O2/c1-6(2)8(5-12)11-9(13)4-7(3)10/h6-8,12H,4-5,10H2,1-3H3,(H,11,13). The molecule has 0 bridgehead atoms. The van der Waals surface area contributed by atoms with Gasteiger partial charge in [0.15, 0.2) is 0 Å². The first-order chi connectivity index (χ1) is 5.97. The van der Waals surface area contributed by atoms with Crippen molar-refractivity contribution in [2.24, 2.45) is 11.7 Å². The lowest BCUT2D eigenvalue weighted by atomic mass is 10.1. The number of rotatable bonds is 5. The molecule has 0 aromatic carbocycles. The van der Waals surface area contributed by atoms with Gasteiger partial charge in [0.05, 0.1) is 12.6 Å². The Bertz CT molecular complexity index is 158. The normalized spacial score (nSPS) is 15.5. The Morgan fingerprint density at radius 1 is 1.46 bits per heavy atom. The van der Waals surface area contributed by atoms with E-state index < -0.39 is 0 Å². The van der Waals surface area contributed by atoms with E-state index in [1.54, 1.807) is 6.92 Å². The number of hydrogen-bond donors (Lipinski definition) is 3. The van der Waals surface area contributed by atoms with Crippen LogP contribution in [0.15, 0.2) is 0 Å². The summed E-state index contributed by atoms with van der Waals surface area (Å²) in [5.41, 5.74) is 5.46. The van der Waals surface area contributed by atoms with Crippen molar-refractivity contribution in [2.45, 2.75) is 39.3 Å². The van der Waals surface area contributed by atoms with Gasteiger partial charge in [-0.05, 0) is 12.8 Å².